The van der Waals surface area contributed by atoms with Crippen molar-refractivity contribution in [3.05, 3.63) is 94.0 Å². The topological polar surface area (TPSA) is 86.8 Å². The smallest absolute Gasteiger partial charge is 0.264 e. The second-order valence-corrected chi connectivity index (χ2v) is 12.1. The summed E-state index contributed by atoms with van der Waals surface area (Å²) in [6.07, 6.45) is 0.321. The second kappa shape index (κ2) is 13.3. The largest absolute Gasteiger partial charge is 0.357 e. The first-order valence-electron chi connectivity index (χ1n) is 12.6. The van der Waals surface area contributed by atoms with Gasteiger partial charge in [-0.25, -0.2) is 8.42 Å². The van der Waals surface area contributed by atoms with Crippen molar-refractivity contribution >= 4 is 50.7 Å². The van der Waals surface area contributed by atoms with E-state index in [2.05, 4.69) is 5.32 Å². The van der Waals surface area contributed by atoms with Crippen molar-refractivity contribution in [3.63, 3.8) is 0 Å². The molecule has 208 valence electrons. The van der Waals surface area contributed by atoms with Crippen molar-refractivity contribution in [2.45, 2.75) is 50.6 Å². The standard InChI is InChI=1S/C29H33Cl2N3O4S/c1-5-27(29(36)32-4)33(18-21-11-16-25(30)26(31)17-21)28(35)19-34(23-14-12-22(13-15-23)20(2)3)39(37,38)24-9-7-6-8-10-24/h6-17,20,27H,5,18-19H2,1-4H3,(H,32,36). The third-order valence-electron chi connectivity index (χ3n) is 6.43. The van der Waals surface area contributed by atoms with Crippen LogP contribution in [0.15, 0.2) is 77.7 Å². The van der Waals surface area contributed by atoms with E-state index >= 15 is 0 Å². The molecule has 3 aromatic carbocycles. The molecule has 0 aromatic heterocycles. The highest BCUT2D eigenvalue weighted by Gasteiger charge is 2.33. The maximum absolute atomic E-state index is 13.9. The van der Waals surface area contributed by atoms with Crippen LogP contribution in [0.4, 0.5) is 5.69 Å². The summed E-state index contributed by atoms with van der Waals surface area (Å²) < 4.78 is 28.7. The van der Waals surface area contributed by atoms with Gasteiger partial charge in [0.25, 0.3) is 10.0 Å². The molecule has 0 fully saturated rings. The summed E-state index contributed by atoms with van der Waals surface area (Å²) in [6, 6.07) is 19.2. The van der Waals surface area contributed by atoms with Gasteiger partial charge in [0, 0.05) is 13.6 Å². The Hall–Kier alpha value is -3.07. The highest BCUT2D eigenvalue weighted by atomic mass is 35.5. The third-order valence-corrected chi connectivity index (χ3v) is 8.95. The molecule has 10 heteroatoms. The van der Waals surface area contributed by atoms with E-state index in [9.17, 15) is 18.0 Å². The minimum atomic E-state index is -4.11. The van der Waals surface area contributed by atoms with Gasteiger partial charge in [-0.2, -0.15) is 0 Å². The van der Waals surface area contributed by atoms with Gasteiger partial charge in [0.15, 0.2) is 0 Å². The summed E-state index contributed by atoms with van der Waals surface area (Å²) >= 11 is 12.3. The molecular formula is C29H33Cl2N3O4S. The van der Waals surface area contributed by atoms with Crippen LogP contribution < -0.4 is 9.62 Å². The Kier molecular flexibility index (Phi) is 10.4. The molecule has 2 amide bonds. The van der Waals surface area contributed by atoms with E-state index in [4.69, 9.17) is 23.2 Å². The molecule has 7 nitrogen and oxygen atoms in total. The fraction of sp³-hybridized carbons (Fsp3) is 0.310. The summed E-state index contributed by atoms with van der Waals surface area (Å²) in [5, 5.41) is 3.28. The van der Waals surface area contributed by atoms with Gasteiger partial charge in [0.1, 0.15) is 12.6 Å². The lowest BCUT2D eigenvalue weighted by molar-refractivity contribution is -0.140. The highest BCUT2D eigenvalue weighted by Crippen LogP contribution is 2.28. The predicted molar refractivity (Wildman–Crippen MR) is 157 cm³/mol. The van der Waals surface area contributed by atoms with Crippen LogP contribution in [-0.4, -0.2) is 44.8 Å². The van der Waals surface area contributed by atoms with Gasteiger partial charge in [-0.3, -0.25) is 13.9 Å². The fourth-order valence-corrected chi connectivity index (χ4v) is 5.95. The molecule has 0 aliphatic carbocycles. The number of hydrogen-bond acceptors (Lipinski definition) is 4. The zero-order valence-electron chi connectivity index (χ0n) is 22.4. The number of halogens is 2. The number of sulfonamides is 1. The maximum atomic E-state index is 13.9. The second-order valence-electron chi connectivity index (χ2n) is 9.38. The molecule has 1 unspecified atom stereocenters. The molecule has 0 radical (unpaired) electrons. The number of carbonyl (C=O) groups is 2. The van der Waals surface area contributed by atoms with E-state index in [0.717, 1.165) is 9.87 Å². The Morgan fingerprint density at radius 3 is 2.10 bits per heavy atom. The van der Waals surface area contributed by atoms with Crippen LogP contribution >= 0.6 is 23.2 Å². The van der Waals surface area contributed by atoms with Crippen molar-refractivity contribution in [3.8, 4) is 0 Å². The van der Waals surface area contributed by atoms with Crippen LogP contribution in [0.2, 0.25) is 10.0 Å². The lowest BCUT2D eigenvalue weighted by atomic mass is 10.0. The molecule has 1 atom stereocenters. The molecule has 0 aliphatic rings. The summed E-state index contributed by atoms with van der Waals surface area (Å²) in [5.41, 5.74) is 2.03. The molecule has 0 saturated carbocycles. The van der Waals surface area contributed by atoms with Crippen LogP contribution in [0.3, 0.4) is 0 Å². The minimum Gasteiger partial charge on any atom is -0.357 e. The lowest BCUT2D eigenvalue weighted by Crippen LogP contribution is -2.51. The van der Waals surface area contributed by atoms with E-state index in [1.165, 1.54) is 24.1 Å². The number of rotatable bonds is 11. The number of benzene rings is 3. The third kappa shape index (κ3) is 7.32. The van der Waals surface area contributed by atoms with Gasteiger partial charge in [-0.05, 0) is 59.9 Å². The summed E-state index contributed by atoms with van der Waals surface area (Å²) in [6.45, 7) is 5.40. The van der Waals surface area contributed by atoms with E-state index in [0.29, 0.717) is 27.7 Å². The molecule has 0 heterocycles. The number of carbonyl (C=O) groups excluding carboxylic acids is 2. The van der Waals surface area contributed by atoms with Crippen LogP contribution in [0.5, 0.6) is 0 Å². The highest BCUT2D eigenvalue weighted by molar-refractivity contribution is 7.92. The molecule has 0 aliphatic heterocycles. The summed E-state index contributed by atoms with van der Waals surface area (Å²) in [7, 11) is -2.62. The molecule has 0 spiro atoms. The molecule has 0 bridgehead atoms. The average Bonchev–Trinajstić information content (AvgIpc) is 2.93. The first-order valence-corrected chi connectivity index (χ1v) is 14.8. The first kappa shape index (κ1) is 30.5. The van der Waals surface area contributed by atoms with Crippen molar-refractivity contribution in [2.24, 2.45) is 0 Å². The van der Waals surface area contributed by atoms with Gasteiger partial charge in [-0.1, -0.05) is 80.4 Å². The van der Waals surface area contributed by atoms with Gasteiger partial charge < -0.3 is 10.2 Å². The molecule has 3 aromatic rings. The number of hydrogen-bond donors (Lipinski definition) is 1. The van der Waals surface area contributed by atoms with E-state index < -0.39 is 28.5 Å². The number of nitrogens with zero attached hydrogens (tertiary/aromatic N) is 2. The fourth-order valence-electron chi connectivity index (χ4n) is 4.19. The van der Waals surface area contributed by atoms with E-state index in [1.807, 2.05) is 26.0 Å². The minimum absolute atomic E-state index is 0.0349. The van der Waals surface area contributed by atoms with Gasteiger partial charge >= 0.3 is 0 Å². The zero-order chi connectivity index (χ0) is 28.7. The Bertz CT molecular complexity index is 1400. The Morgan fingerprint density at radius 1 is 0.923 bits per heavy atom. The average molecular weight is 591 g/mol. The van der Waals surface area contributed by atoms with Crippen LogP contribution in [0.1, 0.15) is 44.2 Å². The van der Waals surface area contributed by atoms with Crippen LogP contribution in [0, 0.1) is 0 Å². The van der Waals surface area contributed by atoms with Crippen molar-refractivity contribution < 1.29 is 18.0 Å². The van der Waals surface area contributed by atoms with Crippen molar-refractivity contribution in [1.82, 2.24) is 10.2 Å². The Labute approximate surface area is 240 Å². The number of anilines is 1. The van der Waals surface area contributed by atoms with Gasteiger partial charge in [0.2, 0.25) is 11.8 Å². The SMILES string of the molecule is CCC(C(=O)NC)N(Cc1ccc(Cl)c(Cl)c1)C(=O)CN(c1ccc(C(C)C)cc1)S(=O)(=O)c1ccccc1. The Morgan fingerprint density at radius 2 is 1.56 bits per heavy atom. The number of nitrogens with one attached hydrogen (secondary N) is 1. The molecular weight excluding hydrogens is 557 g/mol. The van der Waals surface area contributed by atoms with Gasteiger partial charge in [-0.15, -0.1) is 0 Å². The Balaban J connectivity index is 2.07. The maximum Gasteiger partial charge on any atom is 0.264 e. The quantitative estimate of drug-likeness (QED) is 0.303. The van der Waals surface area contributed by atoms with E-state index in [-0.39, 0.29) is 23.3 Å². The number of likely N-dealkylation sites (N-methyl/N-ethyl adjacent to an activating group) is 1. The normalized spacial score (nSPS) is 12.2. The number of amides is 2. The van der Waals surface area contributed by atoms with Gasteiger partial charge in [0.05, 0.1) is 20.6 Å². The monoisotopic (exact) mass is 589 g/mol. The summed E-state index contributed by atoms with van der Waals surface area (Å²) in [5.74, 6) is -0.645. The predicted octanol–water partition coefficient (Wildman–Crippen LogP) is 5.87. The van der Waals surface area contributed by atoms with Crippen LogP contribution in [0.25, 0.3) is 0 Å². The molecule has 0 saturated heterocycles. The van der Waals surface area contributed by atoms with Crippen molar-refractivity contribution in [1.29, 1.82) is 0 Å². The van der Waals surface area contributed by atoms with Crippen LogP contribution in [-0.2, 0) is 26.2 Å². The van der Waals surface area contributed by atoms with Crippen molar-refractivity contribution in [2.75, 3.05) is 17.9 Å². The van der Waals surface area contributed by atoms with E-state index in [1.54, 1.807) is 55.5 Å². The lowest BCUT2D eigenvalue weighted by Gasteiger charge is -2.33. The molecule has 39 heavy (non-hydrogen) atoms. The molecule has 1 N–H and O–H groups in total. The zero-order valence-corrected chi connectivity index (χ0v) is 24.7. The summed E-state index contributed by atoms with van der Waals surface area (Å²) in [4.78, 5) is 28.2. The first-order chi connectivity index (χ1) is 18.5. The molecule has 3 rings (SSSR count).